The standard InChI is InChI=1S/C43H34N10/c1-28-11-5-17-35(45-28)37-19-7-13-30(47-37)25-41-51-42(26-31-14-8-20-38(48-31)36-18-6-12-29(2)46-36)53-43(52-41)27-32-15-9-21-39(49-32)40-23-10-22-34(50-40)33-16-3-4-24-44-33/h3-24H,25-27H2,1-2H3. The van der Waals surface area contributed by atoms with Crippen LogP contribution < -0.4 is 0 Å². The van der Waals surface area contributed by atoms with E-state index in [-0.39, 0.29) is 0 Å². The molecule has 53 heavy (non-hydrogen) atoms. The van der Waals surface area contributed by atoms with E-state index in [1.807, 2.05) is 141 Å². The summed E-state index contributed by atoms with van der Waals surface area (Å²) in [6.45, 7) is 3.95. The van der Waals surface area contributed by atoms with Crippen LogP contribution in [0.1, 0.15) is 45.9 Å². The molecule has 8 aromatic rings. The predicted octanol–water partition coefficient (Wildman–Crippen LogP) is 7.69. The minimum absolute atomic E-state index is 0.400. The van der Waals surface area contributed by atoms with E-state index in [0.29, 0.717) is 36.7 Å². The fourth-order valence-corrected chi connectivity index (χ4v) is 6.01. The summed E-state index contributed by atoms with van der Waals surface area (Å²) in [6.07, 6.45) is 3.00. The lowest BCUT2D eigenvalue weighted by molar-refractivity contribution is 0.780. The molecule has 0 fully saturated rings. The zero-order valence-electron chi connectivity index (χ0n) is 29.3. The van der Waals surface area contributed by atoms with E-state index in [9.17, 15) is 0 Å². The molecule has 8 heterocycles. The van der Waals surface area contributed by atoms with Crippen LogP contribution in [0.25, 0.3) is 45.6 Å². The molecule has 0 atom stereocenters. The van der Waals surface area contributed by atoms with Gasteiger partial charge in [0.05, 0.1) is 64.8 Å². The van der Waals surface area contributed by atoms with Crippen molar-refractivity contribution in [3.63, 3.8) is 0 Å². The van der Waals surface area contributed by atoms with Gasteiger partial charge in [0.1, 0.15) is 17.5 Å². The summed E-state index contributed by atoms with van der Waals surface area (Å²) < 4.78 is 0. The van der Waals surface area contributed by atoms with Crippen LogP contribution in [0.3, 0.4) is 0 Å². The maximum atomic E-state index is 4.98. The lowest BCUT2D eigenvalue weighted by atomic mass is 10.1. The van der Waals surface area contributed by atoms with E-state index in [1.165, 1.54) is 0 Å². The Morgan fingerprint density at radius 1 is 0.302 bits per heavy atom. The van der Waals surface area contributed by atoms with Gasteiger partial charge in [0, 0.05) is 34.7 Å². The average Bonchev–Trinajstić information content (AvgIpc) is 3.18. The van der Waals surface area contributed by atoms with Crippen LogP contribution in [-0.4, -0.2) is 49.8 Å². The van der Waals surface area contributed by atoms with Gasteiger partial charge in [0.25, 0.3) is 0 Å². The SMILES string of the molecule is Cc1cccc(-c2cccc(Cc3nc(Cc4cccc(-c5cccc(C)n5)n4)nc(Cc4cccc(-c5cccc(-c6ccccn6)n5)n4)n3)n2)n1. The van der Waals surface area contributed by atoms with Gasteiger partial charge in [0.15, 0.2) is 0 Å². The Labute approximate surface area is 307 Å². The molecule has 8 aromatic heterocycles. The zero-order valence-corrected chi connectivity index (χ0v) is 29.3. The summed E-state index contributed by atoms with van der Waals surface area (Å²) in [4.78, 5) is 48.3. The Hall–Kier alpha value is -6.94. The normalized spacial score (nSPS) is 11.1. The summed E-state index contributed by atoms with van der Waals surface area (Å²) in [5.74, 6) is 1.84. The molecule has 8 rings (SSSR count). The van der Waals surface area contributed by atoms with Gasteiger partial charge in [-0.1, -0.05) is 42.5 Å². The van der Waals surface area contributed by atoms with Gasteiger partial charge < -0.3 is 0 Å². The molecule has 0 N–H and O–H groups in total. The molecule has 0 saturated carbocycles. The predicted molar refractivity (Wildman–Crippen MR) is 203 cm³/mol. The third-order valence-corrected chi connectivity index (χ3v) is 8.45. The Balaban J connectivity index is 1.11. The van der Waals surface area contributed by atoms with E-state index in [0.717, 1.165) is 74.0 Å². The smallest absolute Gasteiger partial charge is 0.138 e. The highest BCUT2D eigenvalue weighted by Gasteiger charge is 2.14. The van der Waals surface area contributed by atoms with Crippen molar-refractivity contribution in [1.82, 2.24) is 49.8 Å². The second kappa shape index (κ2) is 15.1. The number of nitrogens with zero attached hydrogens (tertiary/aromatic N) is 10. The molecule has 0 spiro atoms. The van der Waals surface area contributed by atoms with E-state index in [1.54, 1.807) is 6.20 Å². The number of rotatable bonds is 10. The fourth-order valence-electron chi connectivity index (χ4n) is 6.01. The van der Waals surface area contributed by atoms with E-state index in [4.69, 9.17) is 34.9 Å². The average molecular weight is 691 g/mol. The van der Waals surface area contributed by atoms with E-state index < -0.39 is 0 Å². The Bertz CT molecular complexity index is 2430. The Morgan fingerprint density at radius 3 is 1.04 bits per heavy atom. The molecule has 0 saturated heterocycles. The monoisotopic (exact) mass is 690 g/mol. The number of aryl methyl sites for hydroxylation is 2. The highest BCUT2D eigenvalue weighted by Crippen LogP contribution is 2.22. The molecular weight excluding hydrogens is 657 g/mol. The second-order valence-electron chi connectivity index (χ2n) is 12.6. The topological polar surface area (TPSA) is 129 Å². The molecular formula is C43H34N10. The van der Waals surface area contributed by atoms with Crippen molar-refractivity contribution in [2.45, 2.75) is 33.1 Å². The molecule has 0 radical (unpaired) electrons. The van der Waals surface area contributed by atoms with Gasteiger partial charge in [-0.2, -0.15) is 0 Å². The first-order valence-electron chi connectivity index (χ1n) is 17.4. The van der Waals surface area contributed by atoms with Crippen LogP contribution in [0.4, 0.5) is 0 Å². The van der Waals surface area contributed by atoms with Crippen molar-refractivity contribution in [2.24, 2.45) is 0 Å². The van der Waals surface area contributed by atoms with Crippen molar-refractivity contribution in [3.8, 4) is 45.6 Å². The van der Waals surface area contributed by atoms with Crippen LogP contribution in [0.2, 0.25) is 0 Å². The molecule has 0 aliphatic carbocycles. The number of pyridine rings is 7. The molecule has 10 nitrogen and oxygen atoms in total. The third kappa shape index (κ3) is 8.18. The lowest BCUT2D eigenvalue weighted by Crippen LogP contribution is -2.11. The van der Waals surface area contributed by atoms with Gasteiger partial charge in [-0.3, -0.25) is 29.9 Å². The molecule has 0 aromatic carbocycles. The number of hydrogen-bond acceptors (Lipinski definition) is 10. The van der Waals surface area contributed by atoms with E-state index in [2.05, 4.69) is 15.0 Å². The maximum Gasteiger partial charge on any atom is 0.138 e. The van der Waals surface area contributed by atoms with Crippen molar-refractivity contribution in [2.75, 3.05) is 0 Å². The first-order chi connectivity index (χ1) is 26.0. The molecule has 10 heteroatoms. The summed E-state index contributed by atoms with van der Waals surface area (Å²) in [7, 11) is 0. The number of aromatic nitrogens is 10. The first-order valence-corrected chi connectivity index (χ1v) is 17.4. The first kappa shape index (κ1) is 33.2. The molecule has 0 aliphatic rings. The summed E-state index contributed by atoms with van der Waals surface area (Å²) >= 11 is 0. The molecule has 0 amide bonds. The second-order valence-corrected chi connectivity index (χ2v) is 12.6. The molecule has 0 aliphatic heterocycles. The van der Waals surface area contributed by atoms with Gasteiger partial charge in [0.2, 0.25) is 0 Å². The van der Waals surface area contributed by atoms with Gasteiger partial charge in [-0.25, -0.2) is 19.9 Å². The van der Waals surface area contributed by atoms with Crippen LogP contribution in [-0.2, 0) is 19.3 Å². The highest BCUT2D eigenvalue weighted by atomic mass is 15.0. The fraction of sp³-hybridized carbons (Fsp3) is 0.116. The highest BCUT2D eigenvalue weighted by molar-refractivity contribution is 5.62. The third-order valence-electron chi connectivity index (χ3n) is 8.45. The maximum absolute atomic E-state index is 4.98. The molecule has 0 bridgehead atoms. The van der Waals surface area contributed by atoms with Crippen molar-refractivity contribution in [1.29, 1.82) is 0 Å². The summed E-state index contributed by atoms with van der Waals surface area (Å²) in [5, 5.41) is 0. The molecule has 256 valence electrons. The summed E-state index contributed by atoms with van der Waals surface area (Å²) in [6, 6.07) is 41.4. The van der Waals surface area contributed by atoms with E-state index >= 15 is 0 Å². The Kier molecular flexibility index (Phi) is 9.48. The van der Waals surface area contributed by atoms with Crippen LogP contribution >= 0.6 is 0 Å². The van der Waals surface area contributed by atoms with Crippen LogP contribution in [0, 0.1) is 13.8 Å². The van der Waals surface area contributed by atoms with Crippen LogP contribution in [0.15, 0.2) is 134 Å². The Morgan fingerprint density at radius 2 is 0.642 bits per heavy atom. The summed E-state index contributed by atoms with van der Waals surface area (Å²) in [5.41, 5.74) is 10.7. The zero-order chi connectivity index (χ0) is 36.0. The minimum Gasteiger partial charge on any atom is -0.255 e. The number of hydrogen-bond donors (Lipinski definition) is 0. The van der Waals surface area contributed by atoms with Crippen LogP contribution in [0.5, 0.6) is 0 Å². The van der Waals surface area contributed by atoms with Crippen molar-refractivity contribution < 1.29 is 0 Å². The van der Waals surface area contributed by atoms with Gasteiger partial charge >= 0.3 is 0 Å². The van der Waals surface area contributed by atoms with Gasteiger partial charge in [-0.05, 0) is 98.8 Å². The van der Waals surface area contributed by atoms with Gasteiger partial charge in [-0.15, -0.1) is 0 Å². The quantitative estimate of drug-likeness (QED) is 0.141. The lowest BCUT2D eigenvalue weighted by Gasteiger charge is -2.10. The van der Waals surface area contributed by atoms with Crippen molar-refractivity contribution in [3.05, 3.63) is 180 Å². The van der Waals surface area contributed by atoms with Crippen molar-refractivity contribution >= 4 is 0 Å². The molecule has 0 unspecified atom stereocenters. The minimum atomic E-state index is 0.400. The largest absolute Gasteiger partial charge is 0.255 e.